The zero-order chi connectivity index (χ0) is 16.4. The van der Waals surface area contributed by atoms with Crippen molar-refractivity contribution >= 4 is 23.5 Å². The molecule has 0 radical (unpaired) electrons. The van der Waals surface area contributed by atoms with E-state index < -0.39 is 11.9 Å². The van der Waals surface area contributed by atoms with E-state index in [-0.39, 0.29) is 25.2 Å². The fraction of sp³-hybridized carbons (Fsp3) is 0.529. The first-order valence-electron chi connectivity index (χ1n) is 7.90. The highest BCUT2D eigenvalue weighted by Crippen LogP contribution is 2.32. The first-order valence-corrected chi connectivity index (χ1v) is 8.28. The summed E-state index contributed by atoms with van der Waals surface area (Å²) >= 11 is 5.96. The van der Waals surface area contributed by atoms with Gasteiger partial charge in [0, 0.05) is 11.1 Å². The van der Waals surface area contributed by atoms with Crippen LogP contribution in [0.4, 0.5) is 0 Å². The smallest absolute Gasteiger partial charge is 0.313 e. The molecule has 1 aromatic carbocycles. The Labute approximate surface area is 140 Å². The van der Waals surface area contributed by atoms with Crippen LogP contribution in [0.2, 0.25) is 5.02 Å². The molecule has 0 saturated heterocycles. The van der Waals surface area contributed by atoms with Gasteiger partial charge in [-0.1, -0.05) is 11.6 Å². The maximum absolute atomic E-state index is 12.1. The summed E-state index contributed by atoms with van der Waals surface area (Å²) in [7, 11) is 0. The number of hydrogen-bond donors (Lipinski definition) is 1. The van der Waals surface area contributed by atoms with Crippen LogP contribution in [0.15, 0.2) is 18.2 Å². The van der Waals surface area contributed by atoms with Crippen molar-refractivity contribution in [1.29, 1.82) is 0 Å². The van der Waals surface area contributed by atoms with E-state index in [0.717, 1.165) is 24.2 Å². The normalized spacial score (nSPS) is 20.9. The fourth-order valence-electron chi connectivity index (χ4n) is 2.78. The molecule has 23 heavy (non-hydrogen) atoms. The summed E-state index contributed by atoms with van der Waals surface area (Å²) in [6.45, 7) is 2.00. The maximum Gasteiger partial charge on any atom is 0.313 e. The van der Waals surface area contributed by atoms with Gasteiger partial charge in [-0.2, -0.15) is 0 Å². The van der Waals surface area contributed by atoms with E-state index in [0.29, 0.717) is 17.4 Å². The topological polar surface area (TPSA) is 64.6 Å². The van der Waals surface area contributed by atoms with Gasteiger partial charge in [0.1, 0.15) is 12.4 Å². The zero-order valence-corrected chi connectivity index (χ0v) is 13.8. The molecule has 0 bridgehead atoms. The molecule has 0 unspecified atom stereocenters. The van der Waals surface area contributed by atoms with Crippen LogP contribution in [0.3, 0.4) is 0 Å². The second kappa shape index (κ2) is 6.79. The summed E-state index contributed by atoms with van der Waals surface area (Å²) in [5.41, 5.74) is 0.887. The molecule has 1 heterocycles. The van der Waals surface area contributed by atoms with Gasteiger partial charge in [0.25, 0.3) is 5.91 Å². The highest BCUT2D eigenvalue weighted by molar-refractivity contribution is 6.30. The number of benzene rings is 1. The van der Waals surface area contributed by atoms with E-state index in [2.05, 4.69) is 5.32 Å². The number of nitrogens with one attached hydrogen (secondary N) is 1. The van der Waals surface area contributed by atoms with Gasteiger partial charge < -0.3 is 14.8 Å². The van der Waals surface area contributed by atoms with Crippen molar-refractivity contribution < 1.29 is 19.1 Å². The number of carbonyl (C=O) groups is 2. The Morgan fingerprint density at radius 1 is 1.43 bits per heavy atom. The summed E-state index contributed by atoms with van der Waals surface area (Å²) < 4.78 is 10.7. The summed E-state index contributed by atoms with van der Waals surface area (Å²) in [6.07, 6.45) is 2.82. The van der Waals surface area contributed by atoms with Crippen LogP contribution >= 0.6 is 11.6 Å². The minimum Gasteiger partial charge on any atom is -0.492 e. The van der Waals surface area contributed by atoms with E-state index in [1.165, 1.54) is 0 Å². The van der Waals surface area contributed by atoms with Crippen molar-refractivity contribution in [3.8, 4) is 5.75 Å². The van der Waals surface area contributed by atoms with Crippen LogP contribution in [-0.4, -0.2) is 31.1 Å². The van der Waals surface area contributed by atoms with Crippen molar-refractivity contribution in [2.75, 3.05) is 13.2 Å². The minimum atomic E-state index is -0.412. The largest absolute Gasteiger partial charge is 0.492 e. The number of rotatable bonds is 5. The Hall–Kier alpha value is -1.75. The monoisotopic (exact) mass is 337 g/mol. The van der Waals surface area contributed by atoms with Gasteiger partial charge in [0.05, 0.1) is 5.92 Å². The first-order chi connectivity index (χ1) is 11.0. The molecule has 124 valence electrons. The molecule has 0 spiro atoms. The van der Waals surface area contributed by atoms with E-state index in [1.54, 1.807) is 18.2 Å². The van der Waals surface area contributed by atoms with Gasteiger partial charge in [-0.3, -0.25) is 9.59 Å². The first kappa shape index (κ1) is 16.1. The van der Waals surface area contributed by atoms with Crippen LogP contribution in [0, 0.1) is 11.8 Å². The molecule has 1 aliphatic carbocycles. The number of halogens is 1. The second-order valence-corrected chi connectivity index (χ2v) is 6.70. The van der Waals surface area contributed by atoms with Crippen molar-refractivity contribution in [1.82, 2.24) is 5.32 Å². The fourth-order valence-corrected chi connectivity index (χ4v) is 2.97. The van der Waals surface area contributed by atoms with E-state index >= 15 is 0 Å². The standard InChI is InChI=1S/C17H20ClNO4/c1-10(11-2-3-11)19-16(20)9-23-17(21)13-6-12-7-14(18)4-5-15(12)22-8-13/h4-5,7,10-11,13H,2-3,6,8-9H2,1H3,(H,19,20)/t10-,13+/m1/s1. The number of ether oxygens (including phenoxy) is 2. The highest BCUT2D eigenvalue weighted by Gasteiger charge is 2.30. The van der Waals surface area contributed by atoms with Crippen molar-refractivity contribution in [3.63, 3.8) is 0 Å². The lowest BCUT2D eigenvalue weighted by Gasteiger charge is -2.24. The molecular formula is C17H20ClNO4. The molecule has 1 N–H and O–H groups in total. The number of fused-ring (bicyclic) bond motifs is 1. The Kier molecular flexibility index (Phi) is 4.76. The lowest BCUT2D eigenvalue weighted by atomic mass is 9.97. The van der Waals surface area contributed by atoms with Crippen molar-refractivity contribution in [2.24, 2.45) is 11.8 Å². The molecule has 3 rings (SSSR count). The molecule has 1 saturated carbocycles. The molecule has 1 fully saturated rings. The van der Waals surface area contributed by atoms with Crippen LogP contribution in [-0.2, 0) is 20.7 Å². The second-order valence-electron chi connectivity index (χ2n) is 6.27. The van der Waals surface area contributed by atoms with Crippen LogP contribution in [0.25, 0.3) is 0 Å². The quantitative estimate of drug-likeness (QED) is 0.838. The molecule has 6 heteroatoms. The van der Waals surface area contributed by atoms with E-state index in [1.807, 2.05) is 6.92 Å². The van der Waals surface area contributed by atoms with E-state index in [4.69, 9.17) is 21.1 Å². The van der Waals surface area contributed by atoms with E-state index in [9.17, 15) is 9.59 Å². The lowest BCUT2D eigenvalue weighted by molar-refractivity contribution is -0.154. The third-order valence-electron chi connectivity index (χ3n) is 4.33. The predicted molar refractivity (Wildman–Crippen MR) is 85.4 cm³/mol. The van der Waals surface area contributed by atoms with Gasteiger partial charge in [-0.15, -0.1) is 0 Å². The molecular weight excluding hydrogens is 318 g/mol. The predicted octanol–water partition coefficient (Wildman–Crippen LogP) is 2.35. The maximum atomic E-state index is 12.1. The number of esters is 1. The molecule has 0 aromatic heterocycles. The summed E-state index contributed by atoms with van der Waals surface area (Å²) in [5.74, 6) is 0.245. The van der Waals surface area contributed by atoms with Crippen molar-refractivity contribution in [2.45, 2.75) is 32.2 Å². The molecule has 1 aliphatic heterocycles. The average molecular weight is 338 g/mol. The summed E-state index contributed by atoms with van der Waals surface area (Å²) in [4.78, 5) is 23.9. The minimum absolute atomic E-state index is 0.147. The van der Waals surface area contributed by atoms with Gasteiger partial charge in [0.2, 0.25) is 0 Å². The average Bonchev–Trinajstić information content (AvgIpc) is 3.36. The Morgan fingerprint density at radius 2 is 2.22 bits per heavy atom. The number of hydrogen-bond acceptors (Lipinski definition) is 4. The molecule has 2 aliphatic rings. The van der Waals surface area contributed by atoms with Crippen LogP contribution in [0.1, 0.15) is 25.3 Å². The molecule has 1 amide bonds. The Morgan fingerprint density at radius 3 is 2.96 bits per heavy atom. The third-order valence-corrected chi connectivity index (χ3v) is 4.56. The Bertz CT molecular complexity index is 615. The SMILES string of the molecule is C[C@@H](NC(=O)COC(=O)[C@@H]1COc2ccc(Cl)cc2C1)C1CC1. The Balaban J connectivity index is 1.48. The molecule has 5 nitrogen and oxygen atoms in total. The summed E-state index contributed by atoms with van der Waals surface area (Å²) in [6, 6.07) is 5.49. The third kappa shape index (κ3) is 4.16. The zero-order valence-electron chi connectivity index (χ0n) is 13.0. The van der Waals surface area contributed by atoms with Gasteiger partial charge in [0.15, 0.2) is 6.61 Å². The van der Waals surface area contributed by atoms with Gasteiger partial charge in [-0.05, 0) is 55.9 Å². The summed E-state index contributed by atoms with van der Waals surface area (Å²) in [5, 5.41) is 3.46. The lowest BCUT2D eigenvalue weighted by Crippen LogP contribution is -2.38. The van der Waals surface area contributed by atoms with Crippen molar-refractivity contribution in [3.05, 3.63) is 28.8 Å². The number of amides is 1. The molecule has 2 atom stereocenters. The number of carbonyl (C=O) groups excluding carboxylic acids is 2. The van der Waals surface area contributed by atoms with Gasteiger partial charge >= 0.3 is 5.97 Å². The van der Waals surface area contributed by atoms with Crippen LogP contribution < -0.4 is 10.1 Å². The van der Waals surface area contributed by atoms with Gasteiger partial charge in [-0.25, -0.2) is 0 Å². The van der Waals surface area contributed by atoms with Crippen LogP contribution in [0.5, 0.6) is 5.75 Å². The molecule has 1 aromatic rings. The highest BCUT2D eigenvalue weighted by atomic mass is 35.5.